The van der Waals surface area contributed by atoms with Crippen molar-refractivity contribution in [2.45, 2.75) is 50.8 Å². The van der Waals surface area contributed by atoms with E-state index in [9.17, 15) is 26.4 Å². The molecule has 35 heavy (non-hydrogen) atoms. The summed E-state index contributed by atoms with van der Waals surface area (Å²) in [7, 11) is -4.39. The average Bonchev–Trinajstić information content (AvgIpc) is 3.21. The molecule has 6 nitrogen and oxygen atoms in total. The minimum absolute atomic E-state index is 0.195. The van der Waals surface area contributed by atoms with E-state index >= 15 is 0 Å². The van der Waals surface area contributed by atoms with Gasteiger partial charge in [0.05, 0.1) is 27.8 Å². The molecule has 1 aromatic heterocycles. The van der Waals surface area contributed by atoms with Gasteiger partial charge in [-0.25, -0.2) is 4.98 Å². The molecule has 2 heterocycles. The normalized spacial score (nSPS) is 19.6. The molecule has 0 amide bonds. The molecule has 0 radical (unpaired) electrons. The Kier molecular flexibility index (Phi) is 6.71. The summed E-state index contributed by atoms with van der Waals surface area (Å²) in [5.74, 6) is -1.42. The van der Waals surface area contributed by atoms with Crippen molar-refractivity contribution in [3.8, 4) is 10.6 Å². The van der Waals surface area contributed by atoms with E-state index in [1.807, 2.05) is 20.8 Å². The van der Waals surface area contributed by atoms with Crippen molar-refractivity contribution in [3.05, 3.63) is 48.0 Å². The van der Waals surface area contributed by atoms with Crippen LogP contribution in [0.3, 0.4) is 0 Å². The number of fused-ring (bicyclic) bond motifs is 1. The monoisotopic (exact) mass is 527 g/mol. The lowest BCUT2D eigenvalue weighted by molar-refractivity contribution is -0.146. The van der Waals surface area contributed by atoms with Gasteiger partial charge < -0.3 is 8.92 Å². The van der Waals surface area contributed by atoms with Crippen LogP contribution < -0.4 is 0 Å². The Labute approximate surface area is 205 Å². The maximum absolute atomic E-state index is 13.1. The Morgan fingerprint density at radius 3 is 2.57 bits per heavy atom. The summed E-state index contributed by atoms with van der Waals surface area (Å²) < 4.78 is 75.9. The Balaban J connectivity index is 1.55. The number of nitrogens with zero attached hydrogens (tertiary/aromatic N) is 1. The molecule has 1 saturated heterocycles. The van der Waals surface area contributed by atoms with Gasteiger partial charge in [0, 0.05) is 12.2 Å². The van der Waals surface area contributed by atoms with Crippen molar-refractivity contribution in [1.29, 1.82) is 0 Å². The van der Waals surface area contributed by atoms with Gasteiger partial charge in [0.25, 0.3) is 0 Å². The molecular weight excluding hydrogens is 503 g/mol. The molecule has 0 bridgehead atoms. The smallest absolute Gasteiger partial charge is 0.378 e. The highest BCUT2D eigenvalue weighted by molar-refractivity contribution is 7.87. The number of halogens is 3. The summed E-state index contributed by atoms with van der Waals surface area (Å²) in [6.07, 6.45) is -3.95. The summed E-state index contributed by atoms with van der Waals surface area (Å²) in [6.45, 7) is 6.30. The maximum Gasteiger partial charge on any atom is 0.416 e. The molecule has 2 aromatic carbocycles. The van der Waals surface area contributed by atoms with Crippen LogP contribution in [0.4, 0.5) is 13.2 Å². The van der Waals surface area contributed by atoms with Crippen LogP contribution in [0.15, 0.2) is 47.4 Å². The first-order valence-corrected chi connectivity index (χ1v) is 13.1. The second kappa shape index (κ2) is 9.18. The van der Waals surface area contributed by atoms with E-state index in [0.29, 0.717) is 34.7 Å². The van der Waals surface area contributed by atoms with Crippen LogP contribution in [0.1, 0.15) is 39.2 Å². The lowest BCUT2D eigenvalue weighted by atomic mass is 9.81. The van der Waals surface area contributed by atoms with Crippen LogP contribution in [0, 0.1) is 11.3 Å². The fourth-order valence-electron chi connectivity index (χ4n) is 3.85. The first-order valence-electron chi connectivity index (χ1n) is 10.9. The number of hydrogen-bond donors (Lipinski definition) is 0. The predicted octanol–water partition coefficient (Wildman–Crippen LogP) is 6.06. The van der Waals surface area contributed by atoms with E-state index in [1.165, 1.54) is 30.3 Å². The van der Waals surface area contributed by atoms with Gasteiger partial charge in [0.1, 0.15) is 9.90 Å². The van der Waals surface area contributed by atoms with Gasteiger partial charge in [-0.05, 0) is 48.6 Å². The number of hydrogen-bond acceptors (Lipinski definition) is 7. The van der Waals surface area contributed by atoms with E-state index in [-0.39, 0.29) is 22.0 Å². The highest BCUT2D eigenvalue weighted by atomic mass is 32.2. The first kappa shape index (κ1) is 25.6. The van der Waals surface area contributed by atoms with Crippen LogP contribution in [0.5, 0.6) is 0 Å². The summed E-state index contributed by atoms with van der Waals surface area (Å²) in [4.78, 5) is 16.8. The van der Waals surface area contributed by atoms with Crippen molar-refractivity contribution in [1.82, 2.24) is 4.98 Å². The van der Waals surface area contributed by atoms with Crippen LogP contribution in [0.25, 0.3) is 20.8 Å². The second-order valence-corrected chi connectivity index (χ2v) is 12.1. The molecule has 4 rings (SSSR count). The summed E-state index contributed by atoms with van der Waals surface area (Å²) in [6, 6.07) is 8.78. The van der Waals surface area contributed by atoms with Crippen molar-refractivity contribution in [2.24, 2.45) is 11.3 Å². The van der Waals surface area contributed by atoms with Crippen molar-refractivity contribution < 1.29 is 35.3 Å². The van der Waals surface area contributed by atoms with Gasteiger partial charge in [-0.3, -0.25) is 4.79 Å². The molecule has 2 atom stereocenters. The Hall–Kier alpha value is -2.50. The molecule has 3 aromatic rings. The SMILES string of the molecule is CC(C)(C)C1CC(C(=O)OS(=O)(=O)c2ccc3nc(-c4cccc(C(F)(F)F)c4)sc3c2)CCO1. The Morgan fingerprint density at radius 2 is 1.89 bits per heavy atom. The number of carbonyl (C=O) groups excluding carboxylic acids is 1. The van der Waals surface area contributed by atoms with Crippen LogP contribution >= 0.6 is 11.3 Å². The van der Waals surface area contributed by atoms with E-state index < -0.39 is 33.7 Å². The predicted molar refractivity (Wildman–Crippen MR) is 125 cm³/mol. The number of benzene rings is 2. The first-order chi connectivity index (χ1) is 16.2. The van der Waals surface area contributed by atoms with Crippen molar-refractivity contribution in [3.63, 3.8) is 0 Å². The second-order valence-electron chi connectivity index (χ2n) is 9.53. The number of aromatic nitrogens is 1. The van der Waals surface area contributed by atoms with E-state index in [4.69, 9.17) is 8.92 Å². The zero-order valence-corrected chi connectivity index (χ0v) is 20.9. The number of carbonyl (C=O) groups is 1. The van der Waals surface area contributed by atoms with Gasteiger partial charge in [-0.2, -0.15) is 21.6 Å². The lowest BCUT2D eigenvalue weighted by Gasteiger charge is -2.36. The van der Waals surface area contributed by atoms with E-state index in [2.05, 4.69) is 4.98 Å². The van der Waals surface area contributed by atoms with Gasteiger partial charge >= 0.3 is 22.3 Å². The third-order valence-corrected chi connectivity index (χ3v) is 8.14. The highest BCUT2D eigenvalue weighted by Gasteiger charge is 2.37. The zero-order chi connectivity index (χ0) is 25.6. The van der Waals surface area contributed by atoms with Crippen LogP contribution in [0.2, 0.25) is 0 Å². The number of rotatable bonds is 4. The van der Waals surface area contributed by atoms with E-state index in [0.717, 1.165) is 23.5 Å². The molecule has 1 fully saturated rings. The molecule has 1 aliphatic rings. The third-order valence-electron chi connectivity index (χ3n) is 5.86. The molecule has 0 saturated carbocycles. The van der Waals surface area contributed by atoms with E-state index in [1.54, 1.807) is 0 Å². The van der Waals surface area contributed by atoms with Gasteiger partial charge in [0.2, 0.25) is 0 Å². The molecule has 0 aliphatic carbocycles. The quantitative estimate of drug-likeness (QED) is 0.384. The number of alkyl halides is 3. The lowest BCUT2D eigenvalue weighted by Crippen LogP contribution is -2.39. The molecule has 1 aliphatic heterocycles. The Morgan fingerprint density at radius 1 is 1.14 bits per heavy atom. The van der Waals surface area contributed by atoms with Crippen LogP contribution in [-0.2, 0) is 30.0 Å². The van der Waals surface area contributed by atoms with Gasteiger partial charge in [-0.1, -0.05) is 32.9 Å². The highest BCUT2D eigenvalue weighted by Crippen LogP contribution is 2.36. The molecule has 2 unspecified atom stereocenters. The zero-order valence-electron chi connectivity index (χ0n) is 19.3. The summed E-state index contributed by atoms with van der Waals surface area (Å²) in [5, 5.41) is 0.313. The average molecular weight is 528 g/mol. The standard InChI is InChI=1S/C24H24F3NO5S2/c1-23(2,3)20-12-15(9-10-32-20)22(29)33-35(30,31)17-7-8-18-19(13-17)34-21(28-18)14-5-4-6-16(11-14)24(25,26)27/h4-8,11,13,15,20H,9-10,12H2,1-3H3. The Bertz CT molecular complexity index is 1360. The van der Waals surface area contributed by atoms with Gasteiger partial charge in [-0.15, -0.1) is 11.3 Å². The van der Waals surface area contributed by atoms with Crippen LogP contribution in [-0.4, -0.2) is 32.1 Å². The fourth-order valence-corrected chi connectivity index (χ4v) is 5.87. The minimum atomic E-state index is -4.49. The molecular formula is C24H24F3NO5S2. The topological polar surface area (TPSA) is 82.6 Å². The third kappa shape index (κ3) is 5.68. The number of ether oxygens (including phenoxy) is 1. The maximum atomic E-state index is 13.1. The van der Waals surface area contributed by atoms with Crippen molar-refractivity contribution >= 4 is 37.6 Å². The van der Waals surface area contributed by atoms with Gasteiger partial charge in [0.15, 0.2) is 0 Å². The molecule has 188 valence electrons. The molecule has 11 heteroatoms. The molecule has 0 spiro atoms. The summed E-state index contributed by atoms with van der Waals surface area (Å²) >= 11 is 1.05. The van der Waals surface area contributed by atoms with Crippen molar-refractivity contribution in [2.75, 3.05) is 6.61 Å². The largest absolute Gasteiger partial charge is 0.416 e. The minimum Gasteiger partial charge on any atom is -0.378 e. The molecule has 0 N–H and O–H groups in total. The fraction of sp³-hybridized carbons (Fsp3) is 0.417. The summed E-state index contributed by atoms with van der Waals surface area (Å²) in [5.41, 5.74) is -0.312. The number of thiazole rings is 1.